The topological polar surface area (TPSA) is 50.3 Å². The van der Waals surface area contributed by atoms with Gasteiger partial charge in [0.2, 0.25) is 5.95 Å². The van der Waals surface area contributed by atoms with Gasteiger partial charge in [0.05, 0.1) is 12.1 Å². The van der Waals surface area contributed by atoms with Crippen molar-refractivity contribution in [3.63, 3.8) is 0 Å². The Morgan fingerprint density at radius 1 is 1.41 bits per heavy atom. The van der Waals surface area contributed by atoms with Crippen LogP contribution in [0.1, 0.15) is 19.3 Å². The Morgan fingerprint density at radius 3 is 2.94 bits per heavy atom. The molecule has 5 nitrogen and oxygen atoms in total. The van der Waals surface area contributed by atoms with Crippen molar-refractivity contribution < 1.29 is 4.74 Å². The van der Waals surface area contributed by atoms with Crippen molar-refractivity contribution in [3.05, 3.63) is 12.3 Å². The van der Waals surface area contributed by atoms with Gasteiger partial charge in [-0.25, -0.2) is 4.98 Å². The third-order valence-electron chi connectivity index (χ3n) is 3.13. The molecular formula is C12H20N4O. The molecule has 94 valence electrons. The zero-order chi connectivity index (χ0) is 12.3. The summed E-state index contributed by atoms with van der Waals surface area (Å²) >= 11 is 0. The largest absolute Gasteiger partial charge is 0.379 e. The normalized spacial score (nSPS) is 23.7. The molecule has 2 atom stereocenters. The molecule has 0 saturated heterocycles. The van der Waals surface area contributed by atoms with E-state index >= 15 is 0 Å². The number of methoxy groups -OCH3 is 1. The average molecular weight is 236 g/mol. The van der Waals surface area contributed by atoms with Gasteiger partial charge in [0.25, 0.3) is 0 Å². The zero-order valence-electron chi connectivity index (χ0n) is 10.7. The van der Waals surface area contributed by atoms with E-state index in [0.717, 1.165) is 24.6 Å². The van der Waals surface area contributed by atoms with Crippen molar-refractivity contribution in [2.45, 2.75) is 31.4 Å². The van der Waals surface area contributed by atoms with Gasteiger partial charge in [-0.2, -0.15) is 4.98 Å². The maximum absolute atomic E-state index is 5.46. The van der Waals surface area contributed by atoms with Crippen molar-refractivity contribution >= 4 is 11.8 Å². The maximum atomic E-state index is 5.46. The summed E-state index contributed by atoms with van der Waals surface area (Å²) < 4.78 is 5.46. The van der Waals surface area contributed by atoms with E-state index in [1.54, 1.807) is 13.3 Å². The molecule has 2 rings (SSSR count). The first kappa shape index (κ1) is 12.1. The first-order valence-corrected chi connectivity index (χ1v) is 6.00. The summed E-state index contributed by atoms with van der Waals surface area (Å²) in [7, 11) is 5.65. The summed E-state index contributed by atoms with van der Waals surface area (Å²) in [6.45, 7) is 0. The second kappa shape index (κ2) is 5.31. The fraction of sp³-hybridized carbons (Fsp3) is 0.667. The minimum Gasteiger partial charge on any atom is -0.379 e. The molecule has 1 aliphatic rings. The lowest BCUT2D eigenvalue weighted by Crippen LogP contribution is -2.30. The quantitative estimate of drug-likeness (QED) is 0.859. The highest BCUT2D eigenvalue weighted by Crippen LogP contribution is 2.24. The molecule has 0 aliphatic heterocycles. The van der Waals surface area contributed by atoms with Crippen molar-refractivity contribution in [3.8, 4) is 0 Å². The van der Waals surface area contributed by atoms with Gasteiger partial charge in [-0.1, -0.05) is 0 Å². The third-order valence-corrected chi connectivity index (χ3v) is 3.13. The lowest BCUT2D eigenvalue weighted by molar-refractivity contribution is 0.101. The first-order chi connectivity index (χ1) is 8.20. The van der Waals surface area contributed by atoms with Gasteiger partial charge in [0.15, 0.2) is 0 Å². The molecule has 1 heterocycles. The lowest BCUT2D eigenvalue weighted by Gasteiger charge is -2.20. The van der Waals surface area contributed by atoms with Crippen LogP contribution in [0.25, 0.3) is 0 Å². The monoisotopic (exact) mass is 236 g/mol. The van der Waals surface area contributed by atoms with Crippen LogP contribution in [0.5, 0.6) is 0 Å². The SMILES string of the molecule is COC1CCCC1Nc1ccnc(N(C)C)n1. The summed E-state index contributed by atoms with van der Waals surface area (Å²) in [5.41, 5.74) is 0. The number of hydrogen-bond acceptors (Lipinski definition) is 5. The molecule has 0 spiro atoms. The Morgan fingerprint density at radius 2 is 2.24 bits per heavy atom. The minimum atomic E-state index is 0.299. The number of nitrogens with zero attached hydrogens (tertiary/aromatic N) is 3. The molecule has 1 aromatic heterocycles. The summed E-state index contributed by atoms with van der Waals surface area (Å²) in [6, 6.07) is 2.27. The molecule has 0 aromatic carbocycles. The molecule has 1 aromatic rings. The standard InChI is InChI=1S/C12H20N4O/c1-16(2)12-13-8-7-11(15-12)14-9-5-4-6-10(9)17-3/h7-10H,4-6H2,1-3H3,(H,13,14,15). The fourth-order valence-corrected chi connectivity index (χ4v) is 2.21. The first-order valence-electron chi connectivity index (χ1n) is 6.00. The highest BCUT2D eigenvalue weighted by atomic mass is 16.5. The zero-order valence-corrected chi connectivity index (χ0v) is 10.7. The maximum Gasteiger partial charge on any atom is 0.226 e. The fourth-order valence-electron chi connectivity index (χ4n) is 2.21. The molecule has 5 heteroatoms. The number of hydrogen-bond donors (Lipinski definition) is 1. The van der Waals surface area contributed by atoms with Crippen LogP contribution < -0.4 is 10.2 Å². The molecule has 0 amide bonds. The summed E-state index contributed by atoms with van der Waals surface area (Å²) in [4.78, 5) is 10.5. The molecule has 1 saturated carbocycles. The van der Waals surface area contributed by atoms with Crippen LogP contribution in [0, 0.1) is 0 Å². The van der Waals surface area contributed by atoms with Crippen molar-refractivity contribution in [2.24, 2.45) is 0 Å². The molecule has 1 aliphatic carbocycles. The molecule has 2 unspecified atom stereocenters. The highest BCUT2D eigenvalue weighted by molar-refractivity contribution is 5.41. The van der Waals surface area contributed by atoms with Gasteiger partial charge in [-0.3, -0.25) is 0 Å². The highest BCUT2D eigenvalue weighted by Gasteiger charge is 2.27. The van der Waals surface area contributed by atoms with E-state index in [9.17, 15) is 0 Å². The van der Waals surface area contributed by atoms with Crippen LogP contribution in [-0.2, 0) is 4.74 Å². The van der Waals surface area contributed by atoms with Crippen molar-refractivity contribution in [1.29, 1.82) is 0 Å². The van der Waals surface area contributed by atoms with E-state index in [4.69, 9.17) is 4.74 Å². The van der Waals surface area contributed by atoms with Gasteiger partial charge < -0.3 is 15.0 Å². The lowest BCUT2D eigenvalue weighted by atomic mass is 10.2. The number of ether oxygens (including phenoxy) is 1. The Bertz CT molecular complexity index is 369. The van der Waals surface area contributed by atoms with Crippen LogP contribution in [0.3, 0.4) is 0 Å². The van der Waals surface area contributed by atoms with E-state index in [-0.39, 0.29) is 0 Å². The Hall–Kier alpha value is -1.36. The van der Waals surface area contributed by atoms with E-state index in [2.05, 4.69) is 15.3 Å². The number of aromatic nitrogens is 2. The summed E-state index contributed by atoms with van der Waals surface area (Å²) in [5.74, 6) is 1.60. The van der Waals surface area contributed by atoms with E-state index in [1.165, 1.54) is 6.42 Å². The smallest absolute Gasteiger partial charge is 0.226 e. The summed E-state index contributed by atoms with van der Waals surface area (Å²) in [6.07, 6.45) is 5.55. The van der Waals surface area contributed by atoms with Crippen molar-refractivity contribution in [2.75, 3.05) is 31.4 Å². The third kappa shape index (κ3) is 2.85. The molecular weight excluding hydrogens is 216 g/mol. The van der Waals surface area contributed by atoms with Gasteiger partial charge in [0, 0.05) is 27.4 Å². The van der Waals surface area contributed by atoms with Gasteiger partial charge in [0.1, 0.15) is 5.82 Å². The van der Waals surface area contributed by atoms with Gasteiger partial charge >= 0.3 is 0 Å². The predicted octanol–water partition coefficient (Wildman–Crippen LogP) is 1.52. The Kier molecular flexibility index (Phi) is 3.78. The molecule has 1 fully saturated rings. The minimum absolute atomic E-state index is 0.299. The van der Waals surface area contributed by atoms with Crippen LogP contribution in [0.15, 0.2) is 12.3 Å². The van der Waals surface area contributed by atoms with Crippen molar-refractivity contribution in [1.82, 2.24) is 9.97 Å². The Labute approximate surface area is 102 Å². The Balaban J connectivity index is 2.05. The molecule has 1 N–H and O–H groups in total. The van der Waals surface area contributed by atoms with Gasteiger partial charge in [-0.05, 0) is 25.3 Å². The van der Waals surface area contributed by atoms with Crippen LogP contribution in [-0.4, -0.2) is 43.3 Å². The molecule has 0 radical (unpaired) electrons. The van der Waals surface area contributed by atoms with E-state index in [1.807, 2.05) is 25.1 Å². The van der Waals surface area contributed by atoms with Gasteiger partial charge in [-0.15, -0.1) is 0 Å². The average Bonchev–Trinajstić information content (AvgIpc) is 2.76. The molecule has 0 bridgehead atoms. The number of nitrogens with one attached hydrogen (secondary N) is 1. The summed E-state index contributed by atoms with van der Waals surface area (Å²) in [5, 5.41) is 3.43. The van der Waals surface area contributed by atoms with Crippen LogP contribution in [0.2, 0.25) is 0 Å². The van der Waals surface area contributed by atoms with Crippen LogP contribution >= 0.6 is 0 Å². The predicted molar refractivity (Wildman–Crippen MR) is 68.4 cm³/mol. The molecule has 17 heavy (non-hydrogen) atoms. The van der Waals surface area contributed by atoms with E-state index < -0.39 is 0 Å². The van der Waals surface area contributed by atoms with Crippen LogP contribution in [0.4, 0.5) is 11.8 Å². The second-order valence-corrected chi connectivity index (χ2v) is 4.59. The number of anilines is 2. The number of rotatable bonds is 4. The second-order valence-electron chi connectivity index (χ2n) is 4.59. The van der Waals surface area contributed by atoms with E-state index in [0.29, 0.717) is 12.1 Å².